The number of nitrogens with zero attached hydrogens (tertiary/aromatic N) is 2. The van der Waals surface area contributed by atoms with E-state index in [0.717, 1.165) is 30.2 Å². The Balaban J connectivity index is 2.14. The Morgan fingerprint density at radius 2 is 1.90 bits per heavy atom. The predicted molar refractivity (Wildman–Crippen MR) is 114 cm³/mol. The van der Waals surface area contributed by atoms with Crippen molar-refractivity contribution in [2.75, 3.05) is 19.3 Å². The van der Waals surface area contributed by atoms with Crippen LogP contribution >= 0.6 is 0 Å². The van der Waals surface area contributed by atoms with Crippen molar-refractivity contribution < 1.29 is 18.0 Å². The highest BCUT2D eigenvalue weighted by Crippen LogP contribution is 2.26. The Hall–Kier alpha value is -2.86. The van der Waals surface area contributed by atoms with Gasteiger partial charge in [-0.1, -0.05) is 26.0 Å². The van der Waals surface area contributed by atoms with Crippen molar-refractivity contribution in [1.29, 1.82) is 5.26 Å². The monoisotopic (exact) mass is 432 g/mol. The first-order chi connectivity index (χ1) is 14.1. The number of amides is 3. The van der Waals surface area contributed by atoms with Crippen LogP contribution in [0.5, 0.6) is 0 Å². The van der Waals surface area contributed by atoms with Crippen LogP contribution in [-0.2, 0) is 14.6 Å². The number of carbonyl (C=O) groups excluding carboxylic acids is 2. The molecule has 8 nitrogen and oxygen atoms in total. The Kier molecular flexibility index (Phi) is 8.00. The lowest BCUT2D eigenvalue weighted by molar-refractivity contribution is -0.123. The smallest absolute Gasteiger partial charge is 0.322 e. The van der Waals surface area contributed by atoms with Gasteiger partial charge in [-0.2, -0.15) is 5.26 Å². The lowest BCUT2D eigenvalue weighted by Crippen LogP contribution is -2.51. The second-order valence-electron chi connectivity index (χ2n) is 7.76. The molecule has 1 aliphatic rings. The molecule has 0 aliphatic carbocycles. The maximum Gasteiger partial charge on any atom is 0.322 e. The van der Waals surface area contributed by atoms with Gasteiger partial charge >= 0.3 is 6.03 Å². The number of benzene rings is 1. The molecule has 3 amide bonds. The van der Waals surface area contributed by atoms with Crippen LogP contribution in [0.25, 0.3) is 5.57 Å². The third-order valence-electron chi connectivity index (χ3n) is 4.73. The summed E-state index contributed by atoms with van der Waals surface area (Å²) in [5, 5.41) is 13.9. The van der Waals surface area contributed by atoms with E-state index in [0.29, 0.717) is 13.0 Å². The number of sulfone groups is 1. The molecule has 1 aromatic rings. The number of carbonyl (C=O) groups is 2. The molecule has 0 saturated heterocycles. The molecule has 9 heteroatoms. The molecule has 0 bridgehead atoms. The summed E-state index contributed by atoms with van der Waals surface area (Å²) in [4.78, 5) is 26.9. The lowest BCUT2D eigenvalue weighted by atomic mass is 9.99. The van der Waals surface area contributed by atoms with Crippen molar-refractivity contribution in [2.24, 2.45) is 5.92 Å². The summed E-state index contributed by atoms with van der Waals surface area (Å²) < 4.78 is 23.3. The standard InChI is InChI=1S/C21H28N4O4S/c1-15(2)13-19(20(26)23-11-10-22)24-21(27)25-12-4-5-17(14-25)16-6-8-18(9-7-16)30(3,28)29/h6-9,14-15,19H,4-5,11-13H2,1-3H3,(H,23,26)(H,24,27). The van der Waals surface area contributed by atoms with E-state index < -0.39 is 15.9 Å². The minimum absolute atomic E-state index is 0.111. The molecule has 30 heavy (non-hydrogen) atoms. The topological polar surface area (TPSA) is 119 Å². The fourth-order valence-electron chi connectivity index (χ4n) is 3.24. The van der Waals surface area contributed by atoms with Gasteiger partial charge in [0.15, 0.2) is 9.84 Å². The van der Waals surface area contributed by atoms with Crippen LogP contribution in [0.15, 0.2) is 35.4 Å². The fourth-order valence-corrected chi connectivity index (χ4v) is 3.87. The van der Waals surface area contributed by atoms with E-state index in [2.05, 4.69) is 10.6 Å². The van der Waals surface area contributed by atoms with Gasteiger partial charge in [0.25, 0.3) is 0 Å². The van der Waals surface area contributed by atoms with E-state index in [1.54, 1.807) is 30.5 Å². The van der Waals surface area contributed by atoms with Crippen molar-refractivity contribution in [3.63, 3.8) is 0 Å². The maximum absolute atomic E-state index is 12.8. The zero-order valence-electron chi connectivity index (χ0n) is 17.5. The van der Waals surface area contributed by atoms with Crippen molar-refractivity contribution >= 4 is 27.3 Å². The SMILES string of the molecule is CC(C)CC(NC(=O)N1C=C(c2ccc(S(C)(=O)=O)cc2)CCC1)C(=O)NCC#N. The van der Waals surface area contributed by atoms with Crippen LogP contribution in [0, 0.1) is 17.2 Å². The van der Waals surface area contributed by atoms with E-state index in [9.17, 15) is 18.0 Å². The van der Waals surface area contributed by atoms with Crippen LogP contribution in [0.3, 0.4) is 0 Å². The third kappa shape index (κ3) is 6.59. The Labute approximate surface area is 177 Å². The zero-order valence-corrected chi connectivity index (χ0v) is 18.3. The number of hydrogen-bond acceptors (Lipinski definition) is 5. The van der Waals surface area contributed by atoms with Crippen molar-refractivity contribution in [3.8, 4) is 6.07 Å². The van der Waals surface area contributed by atoms with Gasteiger partial charge in [-0.15, -0.1) is 0 Å². The number of hydrogen-bond donors (Lipinski definition) is 2. The van der Waals surface area contributed by atoms with Gasteiger partial charge in [0.1, 0.15) is 12.6 Å². The van der Waals surface area contributed by atoms with Crippen molar-refractivity contribution in [2.45, 2.75) is 44.0 Å². The molecule has 1 heterocycles. The summed E-state index contributed by atoms with van der Waals surface area (Å²) in [6.07, 6.45) is 4.88. The molecule has 162 valence electrons. The van der Waals surface area contributed by atoms with Crippen molar-refractivity contribution in [1.82, 2.24) is 15.5 Å². The predicted octanol–water partition coefficient (Wildman–Crippen LogP) is 2.29. The highest BCUT2D eigenvalue weighted by Gasteiger charge is 2.25. The molecular weight excluding hydrogens is 404 g/mol. The first kappa shape index (κ1) is 23.4. The van der Waals surface area contributed by atoms with E-state index >= 15 is 0 Å². The summed E-state index contributed by atoms with van der Waals surface area (Å²) in [7, 11) is -3.26. The van der Waals surface area contributed by atoms with E-state index in [1.165, 1.54) is 4.90 Å². The van der Waals surface area contributed by atoms with E-state index in [-0.39, 0.29) is 29.3 Å². The summed E-state index contributed by atoms with van der Waals surface area (Å²) >= 11 is 0. The highest BCUT2D eigenvalue weighted by atomic mass is 32.2. The number of urea groups is 1. The summed E-state index contributed by atoms with van der Waals surface area (Å²) in [5.74, 6) is -0.194. The van der Waals surface area contributed by atoms with Gasteiger partial charge in [0, 0.05) is 19.0 Å². The first-order valence-corrected chi connectivity index (χ1v) is 11.7. The molecule has 1 atom stereocenters. The molecular formula is C21H28N4O4S. The fraction of sp³-hybridized carbons (Fsp3) is 0.476. The minimum atomic E-state index is -3.26. The molecule has 0 aromatic heterocycles. The number of nitriles is 1. The average molecular weight is 433 g/mol. The first-order valence-electron chi connectivity index (χ1n) is 9.84. The summed E-state index contributed by atoms with van der Waals surface area (Å²) in [6.45, 7) is 4.32. The Morgan fingerprint density at radius 1 is 1.23 bits per heavy atom. The number of allylic oxidation sites excluding steroid dienone is 1. The van der Waals surface area contributed by atoms with E-state index in [1.807, 2.05) is 19.9 Å². The molecule has 0 saturated carbocycles. The second kappa shape index (κ2) is 10.3. The zero-order chi connectivity index (χ0) is 22.3. The normalized spacial score (nSPS) is 15.2. The van der Waals surface area contributed by atoms with Crippen molar-refractivity contribution in [3.05, 3.63) is 36.0 Å². The molecule has 2 rings (SSSR count). The van der Waals surface area contributed by atoms with Gasteiger partial charge in [0.2, 0.25) is 5.91 Å². The maximum atomic E-state index is 12.8. The largest absolute Gasteiger partial charge is 0.341 e. The highest BCUT2D eigenvalue weighted by molar-refractivity contribution is 7.90. The quantitative estimate of drug-likeness (QED) is 0.641. The molecule has 1 aromatic carbocycles. The van der Waals surface area contributed by atoms with Gasteiger partial charge in [0.05, 0.1) is 11.0 Å². The average Bonchev–Trinajstić information content (AvgIpc) is 2.70. The van der Waals surface area contributed by atoms with Gasteiger partial charge in [-0.3, -0.25) is 4.79 Å². The molecule has 2 N–H and O–H groups in total. The minimum Gasteiger partial charge on any atom is -0.341 e. The number of nitrogens with one attached hydrogen (secondary N) is 2. The van der Waals surface area contributed by atoms with Gasteiger partial charge < -0.3 is 15.5 Å². The van der Waals surface area contributed by atoms with Crippen LogP contribution in [0.2, 0.25) is 0 Å². The lowest BCUT2D eigenvalue weighted by Gasteiger charge is -2.28. The van der Waals surface area contributed by atoms with Crippen LogP contribution in [-0.4, -0.2) is 50.6 Å². The van der Waals surface area contributed by atoms with Gasteiger partial charge in [-0.05, 0) is 48.4 Å². The Bertz CT molecular complexity index is 946. The third-order valence-corrected chi connectivity index (χ3v) is 5.86. The second-order valence-corrected chi connectivity index (χ2v) is 9.77. The molecule has 0 spiro atoms. The molecule has 0 fully saturated rings. The van der Waals surface area contributed by atoms with Gasteiger partial charge in [-0.25, -0.2) is 13.2 Å². The van der Waals surface area contributed by atoms with E-state index in [4.69, 9.17) is 5.26 Å². The molecule has 1 unspecified atom stereocenters. The Morgan fingerprint density at radius 3 is 2.47 bits per heavy atom. The number of rotatable bonds is 7. The molecule has 0 radical (unpaired) electrons. The van der Waals surface area contributed by atoms with Crippen LogP contribution in [0.1, 0.15) is 38.7 Å². The summed E-state index contributed by atoms with van der Waals surface area (Å²) in [5.41, 5.74) is 1.77. The van der Waals surface area contributed by atoms with Crippen LogP contribution in [0.4, 0.5) is 4.79 Å². The molecule has 1 aliphatic heterocycles. The van der Waals surface area contributed by atoms with Crippen LogP contribution < -0.4 is 10.6 Å². The summed E-state index contributed by atoms with van der Waals surface area (Å²) in [6, 6.07) is 7.35.